The third-order valence-corrected chi connectivity index (χ3v) is 5.49. The Morgan fingerprint density at radius 1 is 1.17 bits per heavy atom. The van der Waals surface area contributed by atoms with Crippen LogP contribution in [0.4, 0.5) is 0 Å². The number of oxazole rings is 1. The minimum absolute atomic E-state index is 0.0955. The van der Waals surface area contributed by atoms with E-state index in [9.17, 15) is 4.79 Å². The fourth-order valence-electron chi connectivity index (χ4n) is 3.31. The van der Waals surface area contributed by atoms with Gasteiger partial charge in [0.15, 0.2) is 5.69 Å². The van der Waals surface area contributed by atoms with E-state index in [1.54, 1.807) is 12.0 Å². The Bertz CT molecular complexity index is 782. The zero-order valence-electron chi connectivity index (χ0n) is 17.8. The molecule has 0 spiro atoms. The lowest BCUT2D eigenvalue weighted by molar-refractivity contribution is 0.0299. The van der Waals surface area contributed by atoms with Gasteiger partial charge in [0, 0.05) is 25.7 Å². The van der Waals surface area contributed by atoms with E-state index in [1.165, 1.54) is 11.8 Å². The van der Waals surface area contributed by atoms with Crippen LogP contribution in [-0.2, 0) is 17.8 Å². The number of benzene rings is 1. The first kappa shape index (κ1) is 21.3. The van der Waals surface area contributed by atoms with E-state index < -0.39 is 0 Å². The maximum atomic E-state index is 12.6. The molecule has 1 aromatic carbocycles. The van der Waals surface area contributed by atoms with Gasteiger partial charge < -0.3 is 18.8 Å². The zero-order valence-corrected chi connectivity index (χ0v) is 17.8. The number of methoxy groups -OCH3 is 1. The van der Waals surface area contributed by atoms with Crippen molar-refractivity contribution in [3.63, 3.8) is 0 Å². The summed E-state index contributed by atoms with van der Waals surface area (Å²) < 4.78 is 16.2. The van der Waals surface area contributed by atoms with Gasteiger partial charge >= 0.3 is 0 Å². The number of hydrogen-bond donors (Lipinski definition) is 0. The number of morpholine rings is 1. The summed E-state index contributed by atoms with van der Waals surface area (Å²) in [7, 11) is 1.67. The fraction of sp³-hybridized carbons (Fsp3) is 0.545. The highest BCUT2D eigenvalue weighted by Gasteiger charge is 2.24. The molecule has 0 radical (unpaired) electrons. The Kier molecular flexibility index (Phi) is 7.28. The molecule has 0 saturated carbocycles. The zero-order chi connectivity index (χ0) is 20.8. The van der Waals surface area contributed by atoms with Crippen molar-refractivity contribution < 1.29 is 18.7 Å². The second-order valence-corrected chi connectivity index (χ2v) is 7.77. The van der Waals surface area contributed by atoms with E-state index in [0.29, 0.717) is 56.4 Å². The highest BCUT2D eigenvalue weighted by atomic mass is 16.5. The van der Waals surface area contributed by atoms with E-state index in [1.807, 2.05) is 12.1 Å². The van der Waals surface area contributed by atoms with Crippen LogP contribution in [0.15, 0.2) is 34.9 Å². The van der Waals surface area contributed by atoms with Crippen LogP contribution in [0.3, 0.4) is 0 Å². The molecule has 2 aromatic rings. The van der Waals surface area contributed by atoms with Crippen LogP contribution in [0.5, 0.6) is 5.75 Å². The monoisotopic (exact) mass is 401 g/mol. The third kappa shape index (κ3) is 5.58. The third-order valence-electron chi connectivity index (χ3n) is 5.49. The van der Waals surface area contributed by atoms with E-state index in [0.717, 1.165) is 12.3 Å². The average molecular weight is 402 g/mol. The number of rotatable bonds is 8. The summed E-state index contributed by atoms with van der Waals surface area (Å²) >= 11 is 0. The van der Waals surface area contributed by atoms with Gasteiger partial charge in [0.25, 0.3) is 5.91 Å². The van der Waals surface area contributed by atoms with Crippen LogP contribution in [0.25, 0.3) is 0 Å². The SMILES string of the molecule is COc1ccc(CN(Cc2nc(C(=O)N3CCOCC3)co2)C(C)C(C)C)cc1. The predicted octanol–water partition coefficient (Wildman–Crippen LogP) is 3.20. The predicted molar refractivity (Wildman–Crippen MR) is 110 cm³/mol. The first-order valence-corrected chi connectivity index (χ1v) is 10.2. The Morgan fingerprint density at radius 2 is 1.86 bits per heavy atom. The van der Waals surface area contributed by atoms with E-state index in [2.05, 4.69) is 42.8 Å². The maximum absolute atomic E-state index is 12.6. The van der Waals surface area contributed by atoms with Gasteiger partial charge in [-0.1, -0.05) is 26.0 Å². The molecule has 0 bridgehead atoms. The van der Waals surface area contributed by atoms with Gasteiger partial charge in [0.1, 0.15) is 12.0 Å². The first-order chi connectivity index (χ1) is 14.0. The van der Waals surface area contributed by atoms with E-state index >= 15 is 0 Å². The molecule has 0 N–H and O–H groups in total. The Morgan fingerprint density at radius 3 is 2.48 bits per heavy atom. The minimum atomic E-state index is -0.0955. The normalized spacial score (nSPS) is 15.7. The quantitative estimate of drug-likeness (QED) is 0.677. The summed E-state index contributed by atoms with van der Waals surface area (Å²) in [5.41, 5.74) is 1.55. The summed E-state index contributed by atoms with van der Waals surface area (Å²) in [6.45, 7) is 10.2. The smallest absolute Gasteiger partial charge is 0.275 e. The molecular weight excluding hydrogens is 370 g/mol. The van der Waals surface area contributed by atoms with Crippen LogP contribution in [0, 0.1) is 5.92 Å². The molecule has 158 valence electrons. The van der Waals surface area contributed by atoms with Gasteiger partial charge in [-0.15, -0.1) is 0 Å². The van der Waals surface area contributed by atoms with Crippen LogP contribution in [-0.4, -0.2) is 60.1 Å². The molecule has 7 nitrogen and oxygen atoms in total. The summed E-state index contributed by atoms with van der Waals surface area (Å²) in [5.74, 6) is 1.78. The Labute approximate surface area is 172 Å². The van der Waals surface area contributed by atoms with Gasteiger partial charge in [-0.05, 0) is 30.5 Å². The molecule has 2 heterocycles. The standard InChI is InChI=1S/C22H31N3O4/c1-16(2)17(3)25(13-18-5-7-19(27-4)8-6-18)14-21-23-20(15-29-21)22(26)24-9-11-28-12-10-24/h5-8,15-17H,9-14H2,1-4H3. The van der Waals surface area contributed by atoms with Crippen molar-refractivity contribution in [2.75, 3.05) is 33.4 Å². The van der Waals surface area contributed by atoms with Gasteiger partial charge in [-0.25, -0.2) is 4.98 Å². The van der Waals surface area contributed by atoms with Crippen molar-refractivity contribution in [1.29, 1.82) is 0 Å². The number of aromatic nitrogens is 1. The molecule has 1 atom stereocenters. The number of amides is 1. The van der Waals surface area contributed by atoms with Crippen LogP contribution < -0.4 is 4.74 Å². The second kappa shape index (κ2) is 9.89. The minimum Gasteiger partial charge on any atom is -0.497 e. The molecule has 1 fully saturated rings. The van der Waals surface area contributed by atoms with Crippen molar-refractivity contribution in [1.82, 2.24) is 14.8 Å². The largest absolute Gasteiger partial charge is 0.497 e. The van der Waals surface area contributed by atoms with Gasteiger partial charge in [-0.2, -0.15) is 0 Å². The van der Waals surface area contributed by atoms with Crippen molar-refractivity contribution in [2.24, 2.45) is 5.92 Å². The highest BCUT2D eigenvalue weighted by molar-refractivity contribution is 5.92. The van der Waals surface area contributed by atoms with Crippen LogP contribution >= 0.6 is 0 Å². The molecule has 1 aliphatic heterocycles. The van der Waals surface area contributed by atoms with Crippen LogP contribution in [0.1, 0.15) is 42.7 Å². The topological polar surface area (TPSA) is 68.0 Å². The first-order valence-electron chi connectivity index (χ1n) is 10.2. The number of carbonyl (C=O) groups excluding carboxylic acids is 1. The summed E-state index contributed by atoms with van der Waals surface area (Å²) in [6.07, 6.45) is 1.47. The molecule has 1 saturated heterocycles. The molecule has 0 aliphatic carbocycles. The van der Waals surface area contributed by atoms with Crippen molar-refractivity contribution in [3.8, 4) is 5.75 Å². The lowest BCUT2D eigenvalue weighted by atomic mass is 10.0. The summed E-state index contributed by atoms with van der Waals surface area (Å²) in [4.78, 5) is 21.2. The summed E-state index contributed by atoms with van der Waals surface area (Å²) in [5, 5.41) is 0. The fourth-order valence-corrected chi connectivity index (χ4v) is 3.31. The maximum Gasteiger partial charge on any atom is 0.275 e. The molecular formula is C22H31N3O4. The second-order valence-electron chi connectivity index (χ2n) is 7.77. The molecule has 1 amide bonds. The Hall–Kier alpha value is -2.38. The van der Waals surface area contributed by atoms with Crippen molar-refractivity contribution >= 4 is 5.91 Å². The molecule has 1 unspecified atom stereocenters. The Balaban J connectivity index is 1.70. The van der Waals surface area contributed by atoms with E-state index in [4.69, 9.17) is 13.9 Å². The number of carbonyl (C=O) groups is 1. The lowest BCUT2D eigenvalue weighted by Crippen LogP contribution is -2.40. The van der Waals surface area contributed by atoms with E-state index in [-0.39, 0.29) is 5.91 Å². The van der Waals surface area contributed by atoms with Crippen molar-refractivity contribution in [2.45, 2.75) is 39.9 Å². The molecule has 1 aromatic heterocycles. The van der Waals surface area contributed by atoms with Gasteiger partial charge in [0.2, 0.25) is 5.89 Å². The molecule has 3 rings (SSSR count). The van der Waals surface area contributed by atoms with Crippen LogP contribution in [0.2, 0.25) is 0 Å². The van der Waals surface area contributed by atoms with Gasteiger partial charge in [-0.3, -0.25) is 9.69 Å². The lowest BCUT2D eigenvalue weighted by Gasteiger charge is -2.30. The molecule has 1 aliphatic rings. The average Bonchev–Trinajstić information content (AvgIpc) is 3.21. The van der Waals surface area contributed by atoms with Gasteiger partial charge in [0.05, 0.1) is 26.9 Å². The number of nitrogens with zero attached hydrogens (tertiary/aromatic N) is 3. The highest BCUT2D eigenvalue weighted by Crippen LogP contribution is 2.20. The molecule has 7 heteroatoms. The summed E-state index contributed by atoms with van der Waals surface area (Å²) in [6, 6.07) is 8.40. The number of ether oxygens (including phenoxy) is 2. The number of hydrogen-bond acceptors (Lipinski definition) is 6. The molecule has 29 heavy (non-hydrogen) atoms. The van der Waals surface area contributed by atoms with Crippen molar-refractivity contribution in [3.05, 3.63) is 47.7 Å².